The third kappa shape index (κ3) is 5.35. The first kappa shape index (κ1) is 15.6. The zero-order chi connectivity index (χ0) is 14.5. The second-order valence-corrected chi connectivity index (χ2v) is 4.19. The quantitative estimate of drug-likeness (QED) is 0.499. The van der Waals surface area contributed by atoms with Crippen LogP contribution in [0.5, 0.6) is 0 Å². The van der Waals surface area contributed by atoms with Gasteiger partial charge in [-0.25, -0.2) is 0 Å². The molecule has 0 unspecified atom stereocenters. The average Bonchev–Trinajstić information content (AvgIpc) is 2.33. The van der Waals surface area contributed by atoms with Crippen LogP contribution in [0.4, 0.5) is 18.9 Å². The highest BCUT2D eigenvalue weighted by Crippen LogP contribution is 2.25. The average molecular weight is 340 g/mol. The molecule has 1 rings (SSSR count). The molecule has 0 fully saturated rings. The molecular formula is C10H9BrF3N3O2. The van der Waals surface area contributed by atoms with Crippen LogP contribution in [0.2, 0.25) is 0 Å². The Hall–Kier alpha value is -1.48. The molecule has 1 aromatic carbocycles. The van der Waals surface area contributed by atoms with E-state index in [0.29, 0.717) is 4.47 Å². The van der Waals surface area contributed by atoms with Gasteiger partial charge in [-0.15, -0.1) is 18.3 Å². The van der Waals surface area contributed by atoms with Crippen LogP contribution >= 0.6 is 15.9 Å². The van der Waals surface area contributed by atoms with Crippen LogP contribution in [0, 0.1) is 0 Å². The molecule has 1 aromatic rings. The molecule has 0 amide bonds. The molecule has 0 aliphatic rings. The minimum atomic E-state index is -4.86. The lowest BCUT2D eigenvalue weighted by Gasteiger charge is -2.05. The number of nitrogens with one attached hydrogen (secondary N) is 1. The van der Waals surface area contributed by atoms with Gasteiger partial charge in [0.15, 0.2) is 5.78 Å². The smallest absolute Gasteiger partial charge is 0.294 e. The third-order valence-electron chi connectivity index (χ3n) is 1.94. The van der Waals surface area contributed by atoms with Crippen molar-refractivity contribution in [2.75, 3.05) is 0 Å². The van der Waals surface area contributed by atoms with Crippen LogP contribution in [0.15, 0.2) is 33.0 Å². The van der Waals surface area contributed by atoms with Crippen LogP contribution in [0.3, 0.4) is 0 Å². The number of ketones is 1. The van der Waals surface area contributed by atoms with Crippen molar-refractivity contribution < 1.29 is 22.8 Å². The first-order valence-electron chi connectivity index (χ1n) is 5.06. The zero-order valence-corrected chi connectivity index (χ0v) is 11.2. The highest BCUT2D eigenvalue weighted by Gasteiger charge is 2.30. The summed E-state index contributed by atoms with van der Waals surface area (Å²) < 4.78 is 35.6. The Morgan fingerprint density at radius 2 is 2.16 bits per heavy atom. The van der Waals surface area contributed by atoms with Gasteiger partial charge in [0.05, 0.1) is 5.69 Å². The molecule has 0 aliphatic carbocycles. The standard InChI is InChI=1S/C10H9BrF3N3O2/c1-2-9(18)7-4-3-6(11)5-8(7)15-16-17-19-10(12,13)14/h3-5H,2H2,1H3,(H,15,17). The predicted molar refractivity (Wildman–Crippen MR) is 63.6 cm³/mol. The van der Waals surface area contributed by atoms with Gasteiger partial charge in [0.1, 0.15) is 0 Å². The molecule has 0 aliphatic heterocycles. The summed E-state index contributed by atoms with van der Waals surface area (Å²) in [7, 11) is 0. The maximum atomic E-state index is 11.7. The number of benzene rings is 1. The number of nitrogens with zero attached hydrogens (tertiary/aromatic N) is 2. The van der Waals surface area contributed by atoms with Crippen molar-refractivity contribution in [3.05, 3.63) is 28.2 Å². The molecular weight excluding hydrogens is 331 g/mol. The van der Waals surface area contributed by atoms with Gasteiger partial charge < -0.3 is 0 Å². The Balaban J connectivity index is 2.84. The van der Waals surface area contributed by atoms with E-state index >= 15 is 0 Å². The van der Waals surface area contributed by atoms with Crippen LogP contribution in [0.25, 0.3) is 0 Å². The first-order valence-corrected chi connectivity index (χ1v) is 5.86. The van der Waals surface area contributed by atoms with Crippen molar-refractivity contribution in [3.63, 3.8) is 0 Å². The number of Topliss-reactive ketones (excluding diaryl/α,β-unsaturated/α-hetero) is 1. The van der Waals surface area contributed by atoms with Crippen molar-refractivity contribution in [2.45, 2.75) is 19.7 Å². The number of carbonyl (C=O) groups excluding carboxylic acids is 1. The second kappa shape index (κ2) is 6.62. The van der Waals surface area contributed by atoms with E-state index in [1.54, 1.807) is 13.0 Å². The largest absolute Gasteiger partial charge is 0.545 e. The Bertz CT molecular complexity index is 491. The van der Waals surface area contributed by atoms with Crippen molar-refractivity contribution in [1.29, 1.82) is 0 Å². The number of halogens is 4. The van der Waals surface area contributed by atoms with Crippen LogP contribution in [-0.2, 0) is 4.84 Å². The van der Waals surface area contributed by atoms with Gasteiger partial charge in [-0.05, 0) is 23.4 Å². The second-order valence-electron chi connectivity index (χ2n) is 3.28. The SMILES string of the molecule is CCC(=O)c1ccc(Br)cc1N=NNOC(F)(F)F. The summed E-state index contributed by atoms with van der Waals surface area (Å²) in [5.74, 6) is -0.196. The summed E-state index contributed by atoms with van der Waals surface area (Å²) in [6.45, 7) is 1.66. The van der Waals surface area contributed by atoms with E-state index in [1.807, 2.05) is 0 Å². The van der Waals surface area contributed by atoms with E-state index in [2.05, 4.69) is 31.1 Å². The Morgan fingerprint density at radius 3 is 2.74 bits per heavy atom. The summed E-state index contributed by atoms with van der Waals surface area (Å²) in [5.41, 5.74) is 1.69. The molecule has 0 heterocycles. The molecule has 0 atom stereocenters. The molecule has 19 heavy (non-hydrogen) atoms. The Labute approximate surface area is 114 Å². The minimum absolute atomic E-state index is 0.138. The van der Waals surface area contributed by atoms with Crippen LogP contribution in [0.1, 0.15) is 23.7 Å². The van der Waals surface area contributed by atoms with Gasteiger partial charge in [0.25, 0.3) is 0 Å². The Morgan fingerprint density at radius 1 is 1.47 bits per heavy atom. The molecule has 1 N–H and O–H groups in total. The summed E-state index contributed by atoms with van der Waals surface area (Å²) in [6, 6.07) is 4.60. The fraction of sp³-hybridized carbons (Fsp3) is 0.300. The first-order chi connectivity index (χ1) is 8.83. The van der Waals surface area contributed by atoms with E-state index in [0.717, 1.165) is 0 Å². The van der Waals surface area contributed by atoms with Crippen molar-refractivity contribution >= 4 is 27.4 Å². The van der Waals surface area contributed by atoms with Crippen molar-refractivity contribution in [2.24, 2.45) is 10.3 Å². The summed E-state index contributed by atoms with van der Waals surface area (Å²) >= 11 is 3.16. The lowest BCUT2D eigenvalue weighted by molar-refractivity contribution is -0.351. The molecule has 104 valence electrons. The maximum absolute atomic E-state index is 11.7. The van der Waals surface area contributed by atoms with E-state index in [4.69, 9.17) is 0 Å². The minimum Gasteiger partial charge on any atom is -0.294 e. The lowest BCUT2D eigenvalue weighted by Crippen LogP contribution is -2.21. The van der Waals surface area contributed by atoms with Gasteiger partial charge in [-0.1, -0.05) is 22.9 Å². The molecule has 9 heteroatoms. The number of alkyl halides is 3. The Kier molecular flexibility index (Phi) is 5.43. The third-order valence-corrected chi connectivity index (χ3v) is 2.43. The van der Waals surface area contributed by atoms with Crippen LogP contribution < -0.4 is 5.59 Å². The normalized spacial score (nSPS) is 11.8. The molecule has 0 aromatic heterocycles. The lowest BCUT2D eigenvalue weighted by atomic mass is 10.1. The summed E-state index contributed by atoms with van der Waals surface area (Å²) in [4.78, 5) is 14.8. The van der Waals surface area contributed by atoms with Gasteiger partial charge in [0, 0.05) is 16.5 Å². The molecule has 5 nitrogen and oxygen atoms in total. The topological polar surface area (TPSA) is 63.0 Å². The van der Waals surface area contributed by atoms with Gasteiger partial charge in [-0.3, -0.25) is 4.79 Å². The number of rotatable bonds is 5. The van der Waals surface area contributed by atoms with Crippen molar-refractivity contribution in [3.8, 4) is 0 Å². The fourth-order valence-corrected chi connectivity index (χ4v) is 1.51. The number of hydrogen-bond acceptors (Lipinski definition) is 4. The molecule has 0 saturated heterocycles. The fourth-order valence-electron chi connectivity index (χ4n) is 1.16. The predicted octanol–water partition coefficient (Wildman–Crippen LogP) is 4.08. The number of carbonyl (C=O) groups is 1. The molecule has 0 saturated carbocycles. The maximum Gasteiger partial charge on any atom is 0.545 e. The van der Waals surface area contributed by atoms with E-state index in [9.17, 15) is 18.0 Å². The van der Waals surface area contributed by atoms with Gasteiger partial charge in [0.2, 0.25) is 0 Å². The van der Waals surface area contributed by atoms with Gasteiger partial charge >= 0.3 is 6.36 Å². The molecule has 0 spiro atoms. The highest BCUT2D eigenvalue weighted by molar-refractivity contribution is 9.10. The summed E-state index contributed by atoms with van der Waals surface area (Å²) in [5, 5.41) is 6.48. The zero-order valence-electron chi connectivity index (χ0n) is 9.66. The van der Waals surface area contributed by atoms with E-state index in [-0.39, 0.29) is 23.5 Å². The molecule has 0 radical (unpaired) electrons. The van der Waals surface area contributed by atoms with Gasteiger partial charge in [-0.2, -0.15) is 10.4 Å². The number of hydrogen-bond donors (Lipinski definition) is 1. The monoisotopic (exact) mass is 339 g/mol. The summed E-state index contributed by atoms with van der Waals surface area (Å²) in [6.07, 6.45) is -4.62. The van der Waals surface area contributed by atoms with Crippen molar-refractivity contribution in [1.82, 2.24) is 5.59 Å². The van der Waals surface area contributed by atoms with Crippen LogP contribution in [-0.4, -0.2) is 12.1 Å². The van der Waals surface area contributed by atoms with E-state index < -0.39 is 6.36 Å². The highest BCUT2D eigenvalue weighted by atomic mass is 79.9. The molecule has 0 bridgehead atoms. The van der Waals surface area contributed by atoms with E-state index in [1.165, 1.54) is 17.7 Å².